The van der Waals surface area contributed by atoms with Crippen molar-refractivity contribution in [2.24, 2.45) is 0 Å². The van der Waals surface area contributed by atoms with Gasteiger partial charge in [0.2, 0.25) is 0 Å². The Morgan fingerprint density at radius 3 is 2.18 bits per heavy atom. The van der Waals surface area contributed by atoms with Gasteiger partial charge in [-0.1, -0.05) is 38.1 Å². The van der Waals surface area contributed by atoms with Crippen LogP contribution in [0.4, 0.5) is 0 Å². The van der Waals surface area contributed by atoms with Crippen LogP contribution in [0.25, 0.3) is 0 Å². The monoisotopic (exact) mass is 235 g/mol. The molecule has 1 N–H and O–H groups in total. The van der Waals surface area contributed by atoms with Crippen molar-refractivity contribution in [3.63, 3.8) is 0 Å². The van der Waals surface area contributed by atoms with Crippen molar-refractivity contribution in [3.8, 4) is 0 Å². The second-order valence-corrected chi connectivity index (χ2v) is 4.48. The van der Waals surface area contributed by atoms with Crippen molar-refractivity contribution in [1.29, 1.82) is 0 Å². The maximum atomic E-state index is 5.42. The SMILES string of the molecule is CCNC(Cc1ccc(CC)cc1)C(C)OC. The third kappa shape index (κ3) is 4.49. The van der Waals surface area contributed by atoms with Crippen molar-refractivity contribution in [3.05, 3.63) is 35.4 Å². The van der Waals surface area contributed by atoms with E-state index >= 15 is 0 Å². The van der Waals surface area contributed by atoms with Gasteiger partial charge in [0, 0.05) is 13.2 Å². The Balaban J connectivity index is 2.64. The van der Waals surface area contributed by atoms with E-state index in [2.05, 4.69) is 50.4 Å². The molecule has 2 unspecified atom stereocenters. The molecule has 1 aromatic rings. The van der Waals surface area contributed by atoms with E-state index in [1.165, 1.54) is 11.1 Å². The molecule has 17 heavy (non-hydrogen) atoms. The first kappa shape index (κ1) is 14.2. The van der Waals surface area contributed by atoms with E-state index in [1.54, 1.807) is 7.11 Å². The van der Waals surface area contributed by atoms with Gasteiger partial charge in [-0.25, -0.2) is 0 Å². The number of aryl methyl sites for hydroxylation is 1. The minimum atomic E-state index is 0.237. The first-order chi connectivity index (χ1) is 8.21. The molecule has 1 aromatic carbocycles. The average molecular weight is 235 g/mol. The fourth-order valence-electron chi connectivity index (χ4n) is 2.00. The lowest BCUT2D eigenvalue weighted by Gasteiger charge is -2.23. The lowest BCUT2D eigenvalue weighted by Crippen LogP contribution is -2.40. The Labute approximate surface area is 105 Å². The Bertz CT molecular complexity index is 307. The van der Waals surface area contributed by atoms with Crippen LogP contribution >= 0.6 is 0 Å². The minimum Gasteiger partial charge on any atom is -0.380 e. The molecular formula is C15H25NO. The molecule has 0 amide bonds. The van der Waals surface area contributed by atoms with Crippen LogP contribution < -0.4 is 5.32 Å². The van der Waals surface area contributed by atoms with Gasteiger partial charge in [-0.05, 0) is 37.4 Å². The topological polar surface area (TPSA) is 21.3 Å². The van der Waals surface area contributed by atoms with Crippen molar-refractivity contribution in [1.82, 2.24) is 5.32 Å². The summed E-state index contributed by atoms with van der Waals surface area (Å²) in [6.07, 6.45) is 2.36. The number of hydrogen-bond donors (Lipinski definition) is 1. The zero-order valence-corrected chi connectivity index (χ0v) is 11.5. The van der Waals surface area contributed by atoms with E-state index in [0.29, 0.717) is 6.04 Å². The molecule has 96 valence electrons. The summed E-state index contributed by atoms with van der Waals surface area (Å²) in [7, 11) is 1.77. The van der Waals surface area contributed by atoms with Gasteiger partial charge < -0.3 is 10.1 Å². The molecule has 0 saturated heterocycles. The van der Waals surface area contributed by atoms with Crippen LogP contribution in [0.2, 0.25) is 0 Å². The van der Waals surface area contributed by atoms with Gasteiger partial charge >= 0.3 is 0 Å². The molecule has 0 fully saturated rings. The molecular weight excluding hydrogens is 210 g/mol. The summed E-state index contributed by atoms with van der Waals surface area (Å²) in [6, 6.07) is 9.28. The molecule has 0 spiro atoms. The van der Waals surface area contributed by atoms with E-state index in [0.717, 1.165) is 19.4 Å². The van der Waals surface area contributed by atoms with Crippen LogP contribution in [0.1, 0.15) is 31.9 Å². The summed E-state index contributed by atoms with van der Waals surface area (Å²) < 4.78 is 5.42. The van der Waals surface area contributed by atoms with Crippen molar-refractivity contribution in [2.45, 2.75) is 45.8 Å². The first-order valence-electron chi connectivity index (χ1n) is 6.55. The van der Waals surface area contributed by atoms with Crippen molar-refractivity contribution >= 4 is 0 Å². The predicted octanol–water partition coefficient (Wildman–Crippen LogP) is 2.80. The van der Waals surface area contributed by atoms with E-state index in [1.807, 2.05) is 0 Å². The summed E-state index contributed by atoms with van der Waals surface area (Å²) in [4.78, 5) is 0. The van der Waals surface area contributed by atoms with Gasteiger partial charge in [-0.2, -0.15) is 0 Å². The second-order valence-electron chi connectivity index (χ2n) is 4.48. The molecule has 0 bridgehead atoms. The molecule has 2 nitrogen and oxygen atoms in total. The highest BCUT2D eigenvalue weighted by Crippen LogP contribution is 2.10. The first-order valence-corrected chi connectivity index (χ1v) is 6.55. The van der Waals surface area contributed by atoms with E-state index in [-0.39, 0.29) is 6.10 Å². The molecule has 1 rings (SSSR count). The third-order valence-electron chi connectivity index (χ3n) is 3.29. The quantitative estimate of drug-likeness (QED) is 0.784. The maximum absolute atomic E-state index is 5.42. The molecule has 0 aliphatic carbocycles. The smallest absolute Gasteiger partial charge is 0.0699 e. The Hall–Kier alpha value is -0.860. The van der Waals surface area contributed by atoms with Crippen LogP contribution in [0.15, 0.2) is 24.3 Å². The van der Waals surface area contributed by atoms with E-state index < -0.39 is 0 Å². The summed E-state index contributed by atoms with van der Waals surface area (Å²) >= 11 is 0. The lowest BCUT2D eigenvalue weighted by molar-refractivity contribution is 0.0836. The number of likely N-dealkylation sites (N-methyl/N-ethyl adjacent to an activating group) is 1. The molecule has 0 aromatic heterocycles. The normalized spacial score (nSPS) is 14.6. The minimum absolute atomic E-state index is 0.237. The highest BCUT2D eigenvalue weighted by atomic mass is 16.5. The molecule has 0 aliphatic heterocycles. The number of rotatable bonds is 7. The summed E-state index contributed by atoms with van der Waals surface area (Å²) in [5.41, 5.74) is 2.77. The van der Waals surface area contributed by atoms with Crippen LogP contribution in [0.3, 0.4) is 0 Å². The molecule has 0 aliphatic rings. The van der Waals surface area contributed by atoms with Gasteiger partial charge in [0.05, 0.1) is 6.10 Å². The van der Waals surface area contributed by atoms with E-state index in [9.17, 15) is 0 Å². The molecule has 0 saturated carbocycles. The van der Waals surface area contributed by atoms with Gasteiger partial charge in [-0.15, -0.1) is 0 Å². The Kier molecular flexibility index (Phi) is 6.23. The van der Waals surface area contributed by atoms with Crippen LogP contribution in [-0.2, 0) is 17.6 Å². The second kappa shape index (κ2) is 7.46. The Morgan fingerprint density at radius 1 is 1.12 bits per heavy atom. The average Bonchev–Trinajstić information content (AvgIpc) is 2.38. The fraction of sp³-hybridized carbons (Fsp3) is 0.600. The fourth-order valence-corrected chi connectivity index (χ4v) is 2.00. The molecule has 2 heteroatoms. The van der Waals surface area contributed by atoms with Crippen LogP contribution in [0, 0.1) is 0 Å². The largest absolute Gasteiger partial charge is 0.380 e. The van der Waals surface area contributed by atoms with Gasteiger partial charge in [-0.3, -0.25) is 0 Å². The van der Waals surface area contributed by atoms with Crippen LogP contribution in [-0.4, -0.2) is 25.8 Å². The highest BCUT2D eigenvalue weighted by Gasteiger charge is 2.15. The summed E-state index contributed by atoms with van der Waals surface area (Å²) in [5, 5.41) is 3.49. The maximum Gasteiger partial charge on any atom is 0.0699 e. The van der Waals surface area contributed by atoms with Crippen molar-refractivity contribution in [2.75, 3.05) is 13.7 Å². The highest BCUT2D eigenvalue weighted by molar-refractivity contribution is 5.23. The zero-order chi connectivity index (χ0) is 12.7. The van der Waals surface area contributed by atoms with Gasteiger partial charge in [0.1, 0.15) is 0 Å². The van der Waals surface area contributed by atoms with Crippen molar-refractivity contribution < 1.29 is 4.74 Å². The number of hydrogen-bond acceptors (Lipinski definition) is 2. The van der Waals surface area contributed by atoms with Gasteiger partial charge in [0.25, 0.3) is 0 Å². The van der Waals surface area contributed by atoms with E-state index in [4.69, 9.17) is 4.74 Å². The van der Waals surface area contributed by atoms with Crippen LogP contribution in [0.5, 0.6) is 0 Å². The number of methoxy groups -OCH3 is 1. The molecule has 2 atom stereocenters. The Morgan fingerprint density at radius 2 is 1.71 bits per heavy atom. The number of benzene rings is 1. The number of nitrogens with one attached hydrogen (secondary N) is 1. The molecule has 0 heterocycles. The standard InChI is InChI=1S/C15H25NO/c1-5-13-7-9-14(10-8-13)11-15(16-6-2)12(3)17-4/h7-10,12,15-16H,5-6,11H2,1-4H3. The summed E-state index contributed by atoms with van der Waals surface area (Å²) in [6.45, 7) is 7.41. The summed E-state index contributed by atoms with van der Waals surface area (Å²) in [5.74, 6) is 0. The third-order valence-corrected chi connectivity index (χ3v) is 3.29. The zero-order valence-electron chi connectivity index (χ0n) is 11.5. The predicted molar refractivity (Wildman–Crippen MR) is 73.5 cm³/mol. The molecule has 0 radical (unpaired) electrons. The van der Waals surface area contributed by atoms with Gasteiger partial charge in [0.15, 0.2) is 0 Å². The lowest BCUT2D eigenvalue weighted by atomic mass is 10.0. The number of ether oxygens (including phenoxy) is 1.